The largest absolute Gasteiger partial charge is 0.473 e. The molecule has 2 fully saturated rings. The van der Waals surface area contributed by atoms with Gasteiger partial charge in [-0.05, 0) is 77.7 Å². The summed E-state index contributed by atoms with van der Waals surface area (Å²) in [5, 5.41) is 27.2. The summed E-state index contributed by atoms with van der Waals surface area (Å²) in [6, 6.07) is 11.1. The average molecular weight is 476 g/mol. The Kier molecular flexibility index (Phi) is 6.23. The quantitative estimate of drug-likeness (QED) is 0.718. The summed E-state index contributed by atoms with van der Waals surface area (Å²) >= 11 is 0. The fourth-order valence-corrected chi connectivity index (χ4v) is 5.96. The van der Waals surface area contributed by atoms with Crippen molar-refractivity contribution in [2.45, 2.75) is 89.0 Å². The zero-order chi connectivity index (χ0) is 24.8. The maximum absolute atomic E-state index is 11.5. The van der Waals surface area contributed by atoms with Crippen LogP contribution in [0.4, 0.5) is 0 Å². The summed E-state index contributed by atoms with van der Waals surface area (Å²) in [5.41, 5.74) is 1.55. The van der Waals surface area contributed by atoms with E-state index >= 15 is 0 Å². The number of piperidine rings is 1. The highest BCUT2D eigenvalue weighted by molar-refractivity contribution is 5.74. The van der Waals surface area contributed by atoms with E-state index in [0.29, 0.717) is 5.88 Å². The molecule has 3 aliphatic rings. The number of rotatable bonds is 5. The van der Waals surface area contributed by atoms with Crippen molar-refractivity contribution in [3.8, 4) is 11.9 Å². The van der Waals surface area contributed by atoms with Gasteiger partial charge in [0.1, 0.15) is 0 Å². The van der Waals surface area contributed by atoms with Crippen LogP contribution in [0.25, 0.3) is 5.57 Å². The highest BCUT2D eigenvalue weighted by atomic mass is 16.5. The molecule has 1 unspecified atom stereocenters. The molecule has 35 heavy (non-hydrogen) atoms. The van der Waals surface area contributed by atoms with Crippen molar-refractivity contribution >= 4 is 5.57 Å². The number of nitrogens with zero attached hydrogens (tertiary/aromatic N) is 5. The van der Waals surface area contributed by atoms with E-state index in [2.05, 4.69) is 30.1 Å². The zero-order valence-corrected chi connectivity index (χ0v) is 21.4. The van der Waals surface area contributed by atoms with E-state index in [-0.39, 0.29) is 12.1 Å². The lowest BCUT2D eigenvalue weighted by Crippen LogP contribution is -2.39. The summed E-state index contributed by atoms with van der Waals surface area (Å²) in [6.07, 6.45) is 7.39. The molecule has 1 aliphatic carbocycles. The molecule has 7 heteroatoms. The molecule has 1 saturated carbocycles. The molecule has 2 aromatic rings. The standard InChI is InChI=1S/C28H37N5O2/c1-19(2)35-26-23-24(27(3,34)30-25(23)33(31-26)22-8-6-5-7-9-22)20-10-12-21(13-11-20)28(18-29)14-16-32(4)17-15-28/h10-13,19,22,34H,5-9,14-17H2,1-4H3. The van der Waals surface area contributed by atoms with Gasteiger partial charge in [-0.15, -0.1) is 5.10 Å². The van der Waals surface area contributed by atoms with Crippen molar-refractivity contribution in [3.05, 3.63) is 46.1 Å². The van der Waals surface area contributed by atoms with E-state index in [1.807, 2.05) is 30.7 Å². The Bertz CT molecular complexity index is 1240. The van der Waals surface area contributed by atoms with Crippen molar-refractivity contribution in [3.63, 3.8) is 0 Å². The van der Waals surface area contributed by atoms with Crippen LogP contribution < -0.4 is 15.4 Å². The van der Waals surface area contributed by atoms with Gasteiger partial charge in [0.05, 0.1) is 28.8 Å². The molecule has 0 bridgehead atoms. The summed E-state index contributed by atoms with van der Waals surface area (Å²) in [6.45, 7) is 7.56. The first-order valence-electron chi connectivity index (χ1n) is 13.1. The molecule has 2 aliphatic heterocycles. The minimum Gasteiger partial charge on any atom is -0.473 e. The Morgan fingerprint density at radius 1 is 1.11 bits per heavy atom. The third kappa shape index (κ3) is 4.28. The number of fused-ring (bicyclic) bond motifs is 1. The third-order valence-corrected chi connectivity index (χ3v) is 7.95. The number of likely N-dealkylation sites (tertiary alicyclic amines) is 1. The number of aliphatic hydroxyl groups is 1. The van der Waals surface area contributed by atoms with Gasteiger partial charge >= 0.3 is 0 Å². The van der Waals surface area contributed by atoms with Gasteiger partial charge in [0, 0.05) is 5.57 Å². The molecule has 1 saturated heterocycles. The second-order valence-electron chi connectivity index (χ2n) is 11.0. The van der Waals surface area contributed by atoms with Crippen LogP contribution >= 0.6 is 0 Å². The number of benzene rings is 1. The molecule has 1 aromatic heterocycles. The van der Waals surface area contributed by atoms with Crippen LogP contribution in [0.5, 0.6) is 5.88 Å². The molecule has 0 radical (unpaired) electrons. The third-order valence-electron chi connectivity index (χ3n) is 7.95. The predicted molar refractivity (Wildman–Crippen MR) is 134 cm³/mol. The second kappa shape index (κ2) is 9.07. The van der Waals surface area contributed by atoms with Crippen LogP contribution in [0, 0.1) is 11.3 Å². The number of aromatic nitrogens is 2. The van der Waals surface area contributed by atoms with Gasteiger partial charge in [0.25, 0.3) is 0 Å². The van der Waals surface area contributed by atoms with E-state index in [1.54, 1.807) is 6.92 Å². The van der Waals surface area contributed by atoms with E-state index in [9.17, 15) is 10.4 Å². The van der Waals surface area contributed by atoms with Crippen LogP contribution in [-0.2, 0) is 5.41 Å². The molecular weight excluding hydrogens is 438 g/mol. The first-order chi connectivity index (χ1) is 16.7. The smallest absolute Gasteiger partial charge is 0.243 e. The van der Waals surface area contributed by atoms with Crippen LogP contribution in [-0.4, -0.2) is 51.8 Å². The molecule has 0 spiro atoms. The minimum atomic E-state index is -1.37. The highest BCUT2D eigenvalue weighted by Gasteiger charge is 2.38. The lowest BCUT2D eigenvalue weighted by atomic mass is 9.74. The molecule has 0 amide bonds. The van der Waals surface area contributed by atoms with Crippen molar-refractivity contribution in [2.24, 2.45) is 4.99 Å². The van der Waals surface area contributed by atoms with E-state index in [1.165, 1.54) is 19.3 Å². The Hall–Kier alpha value is -2.69. The highest BCUT2D eigenvalue weighted by Crippen LogP contribution is 2.37. The molecule has 186 valence electrons. The SMILES string of the molecule is CC(C)Oc1nn(C2CCCCC2)c2c1=C(c1ccc(C3(C#N)CCN(C)CC3)cc1)C(C)(O)N=2. The van der Waals surface area contributed by atoms with Crippen molar-refractivity contribution in [1.29, 1.82) is 5.26 Å². The van der Waals surface area contributed by atoms with E-state index in [4.69, 9.17) is 14.8 Å². The first kappa shape index (κ1) is 24.0. The molecule has 7 nitrogen and oxygen atoms in total. The molecule has 3 heterocycles. The molecule has 1 aromatic carbocycles. The summed E-state index contributed by atoms with van der Waals surface area (Å²) in [5.74, 6) is 0.546. The maximum Gasteiger partial charge on any atom is 0.243 e. The molecule has 1 N–H and O–H groups in total. The van der Waals surface area contributed by atoms with E-state index in [0.717, 1.165) is 66.2 Å². The monoisotopic (exact) mass is 475 g/mol. The molecule has 5 rings (SSSR count). The van der Waals surface area contributed by atoms with Crippen LogP contribution in [0.1, 0.15) is 82.9 Å². The zero-order valence-electron chi connectivity index (χ0n) is 21.4. The van der Waals surface area contributed by atoms with Gasteiger partial charge in [-0.2, -0.15) is 5.26 Å². The maximum atomic E-state index is 11.5. The van der Waals surface area contributed by atoms with Crippen LogP contribution in [0.3, 0.4) is 0 Å². The number of hydrogen-bond acceptors (Lipinski definition) is 6. The van der Waals surface area contributed by atoms with Gasteiger partial charge in [-0.3, -0.25) is 0 Å². The van der Waals surface area contributed by atoms with E-state index < -0.39 is 11.1 Å². The van der Waals surface area contributed by atoms with Gasteiger partial charge in [-0.1, -0.05) is 43.5 Å². The summed E-state index contributed by atoms with van der Waals surface area (Å²) < 4.78 is 8.17. The van der Waals surface area contributed by atoms with Gasteiger partial charge < -0.3 is 14.7 Å². The number of ether oxygens (including phenoxy) is 1. The Morgan fingerprint density at radius 3 is 2.37 bits per heavy atom. The number of hydrogen-bond donors (Lipinski definition) is 1. The molecule has 1 atom stereocenters. The summed E-state index contributed by atoms with van der Waals surface area (Å²) in [7, 11) is 2.11. The second-order valence-corrected chi connectivity index (χ2v) is 11.0. The topological polar surface area (TPSA) is 86.7 Å². The first-order valence-corrected chi connectivity index (χ1v) is 13.1. The van der Waals surface area contributed by atoms with Crippen molar-refractivity contribution in [2.75, 3.05) is 20.1 Å². The van der Waals surface area contributed by atoms with Gasteiger partial charge in [-0.25, -0.2) is 9.67 Å². The van der Waals surface area contributed by atoms with Gasteiger partial charge in [0.15, 0.2) is 11.2 Å². The van der Waals surface area contributed by atoms with Crippen LogP contribution in [0.15, 0.2) is 29.3 Å². The molecular formula is C28H37N5O2. The lowest BCUT2D eigenvalue weighted by molar-refractivity contribution is 0.129. The van der Waals surface area contributed by atoms with Crippen molar-refractivity contribution < 1.29 is 9.84 Å². The normalized spacial score (nSPS) is 24.8. The predicted octanol–water partition coefficient (Wildman–Crippen LogP) is 3.20. The Morgan fingerprint density at radius 2 is 1.77 bits per heavy atom. The minimum absolute atomic E-state index is 0.0390. The summed E-state index contributed by atoms with van der Waals surface area (Å²) in [4.78, 5) is 7.05. The number of nitriles is 1. The fourth-order valence-electron chi connectivity index (χ4n) is 5.96. The average Bonchev–Trinajstić information content (AvgIpc) is 3.31. The Balaban J connectivity index is 1.61. The van der Waals surface area contributed by atoms with Crippen LogP contribution in [0.2, 0.25) is 0 Å². The fraction of sp³-hybridized carbons (Fsp3) is 0.607. The van der Waals surface area contributed by atoms with Crippen molar-refractivity contribution in [1.82, 2.24) is 14.7 Å². The lowest BCUT2D eigenvalue weighted by Gasteiger charge is -2.36. The van der Waals surface area contributed by atoms with Gasteiger partial charge in [0.2, 0.25) is 5.88 Å². The Labute approximate surface area is 207 Å².